The van der Waals surface area contributed by atoms with Crippen LogP contribution in [-0.4, -0.2) is 57.6 Å². The van der Waals surface area contributed by atoms with Gasteiger partial charge in [0.05, 0.1) is 18.5 Å². The number of nitrogens with one attached hydrogen (secondary N) is 1. The summed E-state index contributed by atoms with van der Waals surface area (Å²) in [4.78, 5) is 64.7. The lowest BCUT2D eigenvalue weighted by atomic mass is 10.00. The molecule has 0 aliphatic rings. The minimum atomic E-state index is -1.30. The van der Waals surface area contributed by atoms with Crippen LogP contribution in [0, 0.1) is 5.92 Å². The number of nitrogens with zero attached hydrogens (tertiary/aromatic N) is 1. The molecule has 0 aromatic heterocycles. The van der Waals surface area contributed by atoms with Gasteiger partial charge >= 0.3 is 5.97 Å². The monoisotopic (exact) mass is 523 g/mol. The summed E-state index contributed by atoms with van der Waals surface area (Å²) in [7, 11) is 0. The largest absolute Gasteiger partial charge is 0.481 e. The molecular weight excluding hydrogens is 486 g/mol. The number of ketones is 1. The highest BCUT2D eigenvalue weighted by Gasteiger charge is 2.36. The maximum absolute atomic E-state index is 13.2. The lowest BCUT2D eigenvalue weighted by Gasteiger charge is -2.31. The van der Waals surface area contributed by atoms with E-state index in [2.05, 4.69) is 5.32 Å². The molecule has 204 valence electrons. The lowest BCUT2D eigenvalue weighted by molar-refractivity contribution is -0.153. The molecule has 2 rings (SSSR count). The predicted octanol–water partition coefficient (Wildman–Crippen LogP) is 2.51. The molecule has 2 aromatic rings. The molecule has 1 unspecified atom stereocenters. The molecule has 4 N–H and O–H groups in total. The zero-order valence-electron chi connectivity index (χ0n) is 22.1. The second kappa shape index (κ2) is 14.8. The second-order valence-corrected chi connectivity index (χ2v) is 9.64. The number of carboxylic acids is 1. The van der Waals surface area contributed by atoms with Crippen molar-refractivity contribution < 1.29 is 29.1 Å². The van der Waals surface area contributed by atoms with Gasteiger partial charge in [0.15, 0.2) is 5.78 Å². The highest BCUT2D eigenvalue weighted by Crippen LogP contribution is 2.14. The van der Waals surface area contributed by atoms with Gasteiger partial charge in [-0.15, -0.1) is 0 Å². The van der Waals surface area contributed by atoms with Crippen molar-refractivity contribution in [3.8, 4) is 0 Å². The summed E-state index contributed by atoms with van der Waals surface area (Å²) in [5.41, 5.74) is 7.84. The molecule has 0 radical (unpaired) electrons. The van der Waals surface area contributed by atoms with Crippen LogP contribution in [-0.2, 0) is 36.8 Å². The van der Waals surface area contributed by atoms with Crippen molar-refractivity contribution in [3.63, 3.8) is 0 Å². The minimum Gasteiger partial charge on any atom is -0.481 e. The summed E-state index contributed by atoms with van der Waals surface area (Å²) in [5, 5.41) is 11.8. The van der Waals surface area contributed by atoms with Crippen LogP contribution in [0.3, 0.4) is 0 Å². The van der Waals surface area contributed by atoms with E-state index in [9.17, 15) is 29.1 Å². The third-order valence-electron chi connectivity index (χ3n) is 6.33. The second-order valence-electron chi connectivity index (χ2n) is 9.64. The number of aliphatic carboxylic acids is 1. The van der Waals surface area contributed by atoms with Crippen LogP contribution in [0.15, 0.2) is 60.7 Å². The molecule has 3 atom stereocenters. The van der Waals surface area contributed by atoms with Crippen molar-refractivity contribution >= 4 is 29.5 Å². The SMILES string of the molecule is CC(C)[C@H](N)C(=O)N(C(=O)CCc1ccccc1)[C@@H](C)C(=O)NC(CC(=O)O)C(=O)CCc1ccccc1. The van der Waals surface area contributed by atoms with Gasteiger partial charge < -0.3 is 16.2 Å². The highest BCUT2D eigenvalue weighted by atomic mass is 16.4. The quantitative estimate of drug-likeness (QED) is 0.345. The number of rotatable bonds is 14. The first-order valence-electron chi connectivity index (χ1n) is 12.8. The van der Waals surface area contributed by atoms with Crippen LogP contribution in [0.4, 0.5) is 0 Å². The Morgan fingerprint density at radius 3 is 1.82 bits per heavy atom. The van der Waals surface area contributed by atoms with Crippen molar-refractivity contribution in [2.24, 2.45) is 11.7 Å². The van der Waals surface area contributed by atoms with E-state index in [-0.39, 0.29) is 18.8 Å². The summed E-state index contributed by atoms with van der Waals surface area (Å²) in [5.74, 6) is -4.09. The van der Waals surface area contributed by atoms with E-state index in [1.165, 1.54) is 6.92 Å². The van der Waals surface area contributed by atoms with Crippen LogP contribution < -0.4 is 11.1 Å². The Morgan fingerprint density at radius 1 is 0.842 bits per heavy atom. The fourth-order valence-corrected chi connectivity index (χ4v) is 3.91. The van der Waals surface area contributed by atoms with Crippen molar-refractivity contribution in [3.05, 3.63) is 71.8 Å². The van der Waals surface area contributed by atoms with Gasteiger partial charge in [-0.3, -0.25) is 28.9 Å². The van der Waals surface area contributed by atoms with Crippen molar-refractivity contribution in [2.75, 3.05) is 0 Å². The Morgan fingerprint density at radius 2 is 1.34 bits per heavy atom. The molecule has 0 aliphatic heterocycles. The molecule has 2 aromatic carbocycles. The molecule has 0 fully saturated rings. The van der Waals surface area contributed by atoms with Gasteiger partial charge in [-0.2, -0.15) is 0 Å². The third-order valence-corrected chi connectivity index (χ3v) is 6.33. The van der Waals surface area contributed by atoms with Gasteiger partial charge in [-0.25, -0.2) is 0 Å². The van der Waals surface area contributed by atoms with Gasteiger partial charge in [0.2, 0.25) is 17.7 Å². The fraction of sp³-hybridized carbons (Fsp3) is 0.414. The smallest absolute Gasteiger partial charge is 0.305 e. The highest BCUT2D eigenvalue weighted by molar-refractivity contribution is 6.03. The van der Waals surface area contributed by atoms with Gasteiger partial charge in [0, 0.05) is 12.8 Å². The Labute approximate surface area is 223 Å². The molecule has 0 bridgehead atoms. The van der Waals surface area contributed by atoms with Crippen LogP contribution in [0.5, 0.6) is 0 Å². The normalized spacial score (nSPS) is 13.3. The van der Waals surface area contributed by atoms with E-state index in [0.29, 0.717) is 12.8 Å². The Bertz CT molecular complexity index is 1100. The molecule has 9 heteroatoms. The molecule has 0 saturated carbocycles. The average Bonchev–Trinajstić information content (AvgIpc) is 2.90. The molecule has 0 aliphatic carbocycles. The average molecular weight is 524 g/mol. The van der Waals surface area contributed by atoms with Crippen molar-refractivity contribution in [1.82, 2.24) is 10.2 Å². The number of amides is 3. The van der Waals surface area contributed by atoms with E-state index >= 15 is 0 Å². The number of imide groups is 1. The Kier molecular flexibility index (Phi) is 11.8. The number of carbonyl (C=O) groups excluding carboxylic acids is 4. The molecular formula is C29H37N3O6. The van der Waals surface area contributed by atoms with Crippen LogP contribution in [0.2, 0.25) is 0 Å². The van der Waals surface area contributed by atoms with Gasteiger partial charge in [0.25, 0.3) is 0 Å². The zero-order chi connectivity index (χ0) is 28.2. The number of aryl methyl sites for hydroxylation is 2. The van der Waals surface area contributed by atoms with E-state index in [4.69, 9.17) is 5.73 Å². The maximum Gasteiger partial charge on any atom is 0.305 e. The zero-order valence-corrected chi connectivity index (χ0v) is 22.1. The molecule has 3 amide bonds. The minimum absolute atomic E-state index is 0.0213. The summed E-state index contributed by atoms with van der Waals surface area (Å²) in [6, 6.07) is 14.8. The number of hydrogen-bond donors (Lipinski definition) is 3. The standard InChI is InChI=1S/C29H37N3O6/c1-19(2)27(30)29(38)32(25(34)17-15-22-12-8-5-9-13-22)20(3)28(37)31-23(18-26(35)36)24(33)16-14-21-10-6-4-7-11-21/h4-13,19-20,23,27H,14-18,30H2,1-3H3,(H,31,37)(H,35,36)/t20-,23?,27-/m0/s1. The van der Waals surface area contributed by atoms with E-state index in [1.807, 2.05) is 60.7 Å². The van der Waals surface area contributed by atoms with Crippen LogP contribution >= 0.6 is 0 Å². The molecule has 9 nitrogen and oxygen atoms in total. The Hall–Kier alpha value is -3.85. The summed E-state index contributed by atoms with van der Waals surface area (Å²) < 4.78 is 0. The number of Topliss-reactive ketones (excluding diaryl/α,β-unsaturated/α-hetero) is 1. The van der Waals surface area contributed by atoms with Crippen molar-refractivity contribution in [1.29, 1.82) is 0 Å². The molecule has 38 heavy (non-hydrogen) atoms. The van der Waals surface area contributed by atoms with Crippen LogP contribution in [0.25, 0.3) is 0 Å². The first-order valence-corrected chi connectivity index (χ1v) is 12.8. The maximum atomic E-state index is 13.2. The van der Waals surface area contributed by atoms with E-state index in [1.54, 1.807) is 13.8 Å². The van der Waals surface area contributed by atoms with Gasteiger partial charge in [-0.1, -0.05) is 74.5 Å². The van der Waals surface area contributed by atoms with E-state index in [0.717, 1.165) is 16.0 Å². The third kappa shape index (κ3) is 9.23. The molecule has 0 spiro atoms. The lowest BCUT2D eigenvalue weighted by Crippen LogP contribution is -2.58. The first kappa shape index (κ1) is 30.4. The topological polar surface area (TPSA) is 147 Å². The van der Waals surface area contributed by atoms with Crippen molar-refractivity contribution in [2.45, 2.75) is 71.0 Å². The number of carboxylic acid groups (broad SMARTS) is 1. The number of hydrogen-bond acceptors (Lipinski definition) is 6. The molecule has 0 saturated heterocycles. The summed E-state index contributed by atoms with van der Waals surface area (Å²) in [6.45, 7) is 4.83. The predicted molar refractivity (Wildman–Crippen MR) is 143 cm³/mol. The summed E-state index contributed by atoms with van der Waals surface area (Å²) in [6.07, 6.45) is 0.106. The first-order chi connectivity index (χ1) is 18.0. The van der Waals surface area contributed by atoms with E-state index < -0.39 is 54.0 Å². The van der Waals surface area contributed by atoms with Gasteiger partial charge in [-0.05, 0) is 36.8 Å². The fourth-order valence-electron chi connectivity index (χ4n) is 3.91. The number of benzene rings is 2. The van der Waals surface area contributed by atoms with Crippen LogP contribution in [0.1, 0.15) is 51.2 Å². The number of carbonyl (C=O) groups is 5. The molecule has 0 heterocycles. The summed E-state index contributed by atoms with van der Waals surface area (Å²) >= 11 is 0. The van der Waals surface area contributed by atoms with Gasteiger partial charge in [0.1, 0.15) is 6.04 Å². The number of nitrogens with two attached hydrogens (primary N) is 1. The Balaban J connectivity index is 2.18.